The Bertz CT molecular complexity index is 308. The number of ether oxygens (including phenoxy) is 1. The zero-order valence-corrected chi connectivity index (χ0v) is 10.9. The quantitative estimate of drug-likeness (QED) is 0.807. The fraction of sp³-hybridized carbons (Fsp3) is 0.833. The van der Waals surface area contributed by atoms with Gasteiger partial charge in [0.05, 0.1) is 0 Å². The Kier molecular flexibility index (Phi) is 4.01. The van der Waals surface area contributed by atoms with Crippen molar-refractivity contribution in [2.75, 3.05) is 0 Å². The molecule has 0 bridgehead atoms. The summed E-state index contributed by atoms with van der Waals surface area (Å²) in [5.74, 6) is -0.952. The molecule has 0 saturated carbocycles. The first kappa shape index (κ1) is 13.8. The Balaban J connectivity index is 2.82. The molecule has 1 unspecified atom stereocenters. The lowest BCUT2D eigenvalue weighted by atomic mass is 10.1. The first-order chi connectivity index (χ1) is 7.76. The lowest BCUT2D eigenvalue weighted by molar-refractivity contribution is -0.142. The van der Waals surface area contributed by atoms with Crippen LogP contribution in [-0.2, 0) is 9.53 Å². The third-order valence-corrected chi connectivity index (χ3v) is 2.86. The number of carbonyl (C=O) groups excluding carboxylic acids is 1. The Labute approximate surface area is 102 Å². The van der Waals surface area contributed by atoms with Crippen molar-refractivity contribution in [2.24, 2.45) is 0 Å². The summed E-state index contributed by atoms with van der Waals surface area (Å²) in [6, 6.07) is -0.763. The second-order valence-electron chi connectivity index (χ2n) is 5.38. The summed E-state index contributed by atoms with van der Waals surface area (Å²) in [5, 5.41) is 9.09. The highest BCUT2D eigenvalue weighted by Crippen LogP contribution is 2.28. The molecule has 17 heavy (non-hydrogen) atoms. The molecule has 0 aromatic rings. The number of hydrogen-bond acceptors (Lipinski definition) is 3. The zero-order chi connectivity index (χ0) is 13.2. The lowest BCUT2D eigenvalue weighted by Gasteiger charge is -2.30. The van der Waals surface area contributed by atoms with Crippen molar-refractivity contribution in [1.82, 2.24) is 4.90 Å². The number of nitrogens with zero attached hydrogens (tertiary/aromatic N) is 1. The predicted molar refractivity (Wildman–Crippen MR) is 62.8 cm³/mol. The molecule has 1 fully saturated rings. The molecule has 0 spiro atoms. The highest BCUT2D eigenvalue weighted by atomic mass is 16.6. The molecule has 1 heterocycles. The molecule has 0 aromatic heterocycles. The van der Waals surface area contributed by atoms with Crippen LogP contribution in [0.25, 0.3) is 0 Å². The Morgan fingerprint density at radius 2 is 1.94 bits per heavy atom. The van der Waals surface area contributed by atoms with Gasteiger partial charge in [-0.1, -0.05) is 6.92 Å². The third kappa shape index (κ3) is 3.35. The van der Waals surface area contributed by atoms with E-state index < -0.39 is 23.7 Å². The van der Waals surface area contributed by atoms with Gasteiger partial charge in [0, 0.05) is 6.04 Å². The molecule has 0 radical (unpaired) electrons. The summed E-state index contributed by atoms with van der Waals surface area (Å²) in [7, 11) is 0. The second-order valence-corrected chi connectivity index (χ2v) is 5.38. The molecule has 98 valence electrons. The van der Waals surface area contributed by atoms with Crippen LogP contribution in [0.2, 0.25) is 0 Å². The molecular formula is C12H21NO4. The van der Waals surface area contributed by atoms with E-state index in [0.29, 0.717) is 6.42 Å². The van der Waals surface area contributed by atoms with Gasteiger partial charge in [0.1, 0.15) is 11.6 Å². The van der Waals surface area contributed by atoms with Gasteiger partial charge in [0.2, 0.25) is 0 Å². The van der Waals surface area contributed by atoms with Crippen LogP contribution in [-0.4, -0.2) is 39.8 Å². The van der Waals surface area contributed by atoms with Crippen molar-refractivity contribution in [3.63, 3.8) is 0 Å². The van der Waals surface area contributed by atoms with Crippen molar-refractivity contribution in [2.45, 2.75) is 64.6 Å². The minimum absolute atomic E-state index is 0.0223. The van der Waals surface area contributed by atoms with Gasteiger partial charge in [-0.2, -0.15) is 0 Å². The van der Waals surface area contributed by atoms with E-state index in [1.165, 1.54) is 4.90 Å². The first-order valence-electron chi connectivity index (χ1n) is 6.00. The number of carboxylic acids is 1. The number of likely N-dealkylation sites (tertiary alicyclic amines) is 1. The van der Waals surface area contributed by atoms with Crippen molar-refractivity contribution < 1.29 is 19.4 Å². The van der Waals surface area contributed by atoms with E-state index in [1.807, 2.05) is 6.92 Å². The highest BCUT2D eigenvalue weighted by molar-refractivity contribution is 5.81. The van der Waals surface area contributed by atoms with Crippen molar-refractivity contribution in [1.29, 1.82) is 0 Å². The smallest absolute Gasteiger partial charge is 0.411 e. The monoisotopic (exact) mass is 243 g/mol. The maximum absolute atomic E-state index is 12.0. The summed E-state index contributed by atoms with van der Waals surface area (Å²) in [6.45, 7) is 7.28. The molecule has 5 nitrogen and oxygen atoms in total. The van der Waals surface area contributed by atoms with Crippen molar-refractivity contribution in [3.8, 4) is 0 Å². The molecule has 5 heteroatoms. The Hall–Kier alpha value is -1.26. The highest BCUT2D eigenvalue weighted by Gasteiger charge is 2.41. The van der Waals surface area contributed by atoms with Crippen LogP contribution in [0, 0.1) is 0 Å². The Morgan fingerprint density at radius 3 is 2.35 bits per heavy atom. The normalized spacial score (nSPS) is 24.8. The fourth-order valence-corrected chi connectivity index (χ4v) is 2.12. The van der Waals surface area contributed by atoms with Crippen LogP contribution >= 0.6 is 0 Å². The molecular weight excluding hydrogens is 222 g/mol. The van der Waals surface area contributed by atoms with E-state index in [2.05, 4.69) is 0 Å². The Morgan fingerprint density at radius 1 is 1.35 bits per heavy atom. The van der Waals surface area contributed by atoms with Crippen LogP contribution in [0.15, 0.2) is 0 Å². The molecule has 1 N–H and O–H groups in total. The standard InChI is InChI=1S/C12H21NO4/c1-5-8-6-7-9(10(14)15)13(8)11(16)17-12(2,3)4/h8-9H,5-7H2,1-4H3,(H,14,15)/t8?,9-/m0/s1. The van der Waals surface area contributed by atoms with Gasteiger partial charge in [-0.15, -0.1) is 0 Å². The molecule has 1 aliphatic rings. The maximum atomic E-state index is 12.0. The summed E-state index contributed by atoms with van der Waals surface area (Å²) >= 11 is 0. The average Bonchev–Trinajstić information content (AvgIpc) is 2.57. The predicted octanol–water partition coefficient (Wildman–Crippen LogP) is 2.25. The van der Waals surface area contributed by atoms with Crippen LogP contribution in [0.3, 0.4) is 0 Å². The second kappa shape index (κ2) is 4.94. The first-order valence-corrected chi connectivity index (χ1v) is 6.00. The van der Waals surface area contributed by atoms with Crippen LogP contribution < -0.4 is 0 Å². The van der Waals surface area contributed by atoms with Gasteiger partial charge in [-0.25, -0.2) is 9.59 Å². The summed E-state index contributed by atoms with van der Waals surface area (Å²) in [5.41, 5.74) is -0.596. The minimum atomic E-state index is -0.952. The van der Waals surface area contributed by atoms with Crippen LogP contribution in [0.4, 0.5) is 4.79 Å². The van der Waals surface area contributed by atoms with E-state index in [4.69, 9.17) is 9.84 Å². The lowest BCUT2D eigenvalue weighted by Crippen LogP contribution is -2.47. The van der Waals surface area contributed by atoms with Crippen molar-refractivity contribution >= 4 is 12.1 Å². The molecule has 2 atom stereocenters. The van der Waals surface area contributed by atoms with Gasteiger partial charge in [-0.3, -0.25) is 4.90 Å². The van der Waals surface area contributed by atoms with E-state index >= 15 is 0 Å². The van der Waals surface area contributed by atoms with E-state index in [1.54, 1.807) is 20.8 Å². The van der Waals surface area contributed by atoms with Gasteiger partial charge in [0.25, 0.3) is 0 Å². The molecule has 1 aliphatic heterocycles. The van der Waals surface area contributed by atoms with E-state index in [-0.39, 0.29) is 6.04 Å². The summed E-state index contributed by atoms with van der Waals surface area (Å²) in [4.78, 5) is 24.5. The van der Waals surface area contributed by atoms with E-state index in [9.17, 15) is 9.59 Å². The average molecular weight is 243 g/mol. The SMILES string of the molecule is CCC1CC[C@@H](C(=O)O)N1C(=O)OC(C)(C)C. The van der Waals surface area contributed by atoms with Gasteiger partial charge >= 0.3 is 12.1 Å². The maximum Gasteiger partial charge on any atom is 0.411 e. The molecule has 0 aromatic carbocycles. The fourth-order valence-electron chi connectivity index (χ4n) is 2.12. The molecule has 1 rings (SSSR count). The number of hydrogen-bond donors (Lipinski definition) is 1. The number of carboxylic acid groups (broad SMARTS) is 1. The summed E-state index contributed by atoms with van der Waals surface area (Å²) in [6.07, 6.45) is 1.47. The number of carbonyl (C=O) groups is 2. The van der Waals surface area contributed by atoms with Crippen molar-refractivity contribution in [3.05, 3.63) is 0 Å². The van der Waals surface area contributed by atoms with Crippen LogP contribution in [0.5, 0.6) is 0 Å². The van der Waals surface area contributed by atoms with Gasteiger partial charge in [-0.05, 0) is 40.0 Å². The van der Waals surface area contributed by atoms with E-state index in [0.717, 1.165) is 12.8 Å². The minimum Gasteiger partial charge on any atom is -0.480 e. The molecule has 1 amide bonds. The molecule has 1 saturated heterocycles. The zero-order valence-electron chi connectivity index (χ0n) is 10.9. The number of rotatable bonds is 2. The summed E-state index contributed by atoms with van der Waals surface area (Å²) < 4.78 is 5.26. The topological polar surface area (TPSA) is 66.8 Å². The number of amides is 1. The largest absolute Gasteiger partial charge is 0.480 e. The van der Waals surface area contributed by atoms with Gasteiger partial charge < -0.3 is 9.84 Å². The molecule has 0 aliphatic carbocycles. The third-order valence-electron chi connectivity index (χ3n) is 2.86. The number of aliphatic carboxylic acids is 1. The van der Waals surface area contributed by atoms with Gasteiger partial charge in [0.15, 0.2) is 0 Å². The van der Waals surface area contributed by atoms with Crippen LogP contribution in [0.1, 0.15) is 47.0 Å².